The largest absolute Gasteiger partial charge is 0.294 e. The minimum Gasteiger partial charge on any atom is -0.294 e. The van der Waals surface area contributed by atoms with E-state index < -0.39 is 5.82 Å². The molecule has 27 heavy (non-hydrogen) atoms. The van der Waals surface area contributed by atoms with Gasteiger partial charge in [-0.15, -0.1) is 0 Å². The molecule has 0 atom stereocenters. The molecule has 0 N–H and O–H groups in total. The van der Waals surface area contributed by atoms with E-state index in [1.165, 1.54) is 6.07 Å². The third kappa shape index (κ3) is 3.91. The predicted molar refractivity (Wildman–Crippen MR) is 105 cm³/mol. The van der Waals surface area contributed by atoms with Crippen molar-refractivity contribution in [1.29, 1.82) is 0 Å². The Morgan fingerprint density at radius 3 is 2.67 bits per heavy atom. The third-order valence-corrected chi connectivity index (χ3v) is 4.35. The van der Waals surface area contributed by atoms with Gasteiger partial charge in [-0.25, -0.2) is 14.4 Å². The summed E-state index contributed by atoms with van der Waals surface area (Å²) in [6.45, 7) is 9.97. The number of hydrogen-bond acceptors (Lipinski definition) is 3. The molecule has 6 heteroatoms. The summed E-state index contributed by atoms with van der Waals surface area (Å²) in [5.74, 6) is 5.94. The molecule has 3 rings (SSSR count). The summed E-state index contributed by atoms with van der Waals surface area (Å²) in [6, 6.07) is 5.31. The topological polar surface area (TPSA) is 43.6 Å². The molecule has 3 heterocycles. The highest BCUT2D eigenvalue weighted by molar-refractivity contribution is 6.29. The maximum Gasteiger partial charge on any atom is 0.157 e. The van der Waals surface area contributed by atoms with Crippen LogP contribution in [0.2, 0.25) is 5.15 Å². The summed E-state index contributed by atoms with van der Waals surface area (Å²) < 4.78 is 15.8. The highest BCUT2D eigenvalue weighted by Crippen LogP contribution is 2.24. The Morgan fingerprint density at radius 2 is 2.00 bits per heavy atom. The summed E-state index contributed by atoms with van der Waals surface area (Å²) in [4.78, 5) is 12.7. The molecule has 0 aromatic carbocycles. The molecule has 4 nitrogen and oxygen atoms in total. The van der Waals surface area contributed by atoms with E-state index in [0.29, 0.717) is 5.69 Å². The molecule has 0 aliphatic carbocycles. The van der Waals surface area contributed by atoms with Gasteiger partial charge in [-0.2, -0.15) is 0 Å². The lowest BCUT2D eigenvalue weighted by Gasteiger charge is -2.10. The monoisotopic (exact) mass is 380 g/mol. The van der Waals surface area contributed by atoms with Gasteiger partial charge in [0.15, 0.2) is 5.82 Å². The Kier molecular flexibility index (Phi) is 5.38. The second-order valence-corrected chi connectivity index (χ2v) is 6.44. The van der Waals surface area contributed by atoms with E-state index in [2.05, 4.69) is 33.4 Å². The number of halogens is 2. The zero-order chi connectivity index (χ0) is 19.6. The van der Waals surface area contributed by atoms with Crippen LogP contribution in [0.5, 0.6) is 0 Å². The molecular weight excluding hydrogens is 363 g/mol. The van der Waals surface area contributed by atoms with Gasteiger partial charge < -0.3 is 0 Å². The number of allylic oxidation sites excluding steroid dienone is 1. The van der Waals surface area contributed by atoms with E-state index >= 15 is 0 Å². The van der Waals surface area contributed by atoms with Crippen molar-refractivity contribution in [2.45, 2.75) is 27.2 Å². The Balaban J connectivity index is 2.13. The molecule has 0 amide bonds. The van der Waals surface area contributed by atoms with Crippen LogP contribution >= 0.6 is 11.6 Å². The Hall–Kier alpha value is -2.97. The maximum atomic E-state index is 13.9. The van der Waals surface area contributed by atoms with Crippen molar-refractivity contribution >= 4 is 17.2 Å². The number of aryl methyl sites for hydroxylation is 1. The fourth-order valence-corrected chi connectivity index (χ4v) is 2.72. The Morgan fingerprint density at radius 1 is 1.22 bits per heavy atom. The second-order valence-electron chi connectivity index (χ2n) is 6.06. The van der Waals surface area contributed by atoms with Crippen molar-refractivity contribution in [2.75, 3.05) is 0 Å². The van der Waals surface area contributed by atoms with Crippen molar-refractivity contribution < 1.29 is 4.39 Å². The first-order valence-corrected chi connectivity index (χ1v) is 8.82. The molecule has 0 fully saturated rings. The molecule has 0 bridgehead atoms. The van der Waals surface area contributed by atoms with Crippen LogP contribution in [-0.4, -0.2) is 19.5 Å². The number of aromatic nitrogens is 4. The standard InChI is InChI=1S/C21H18ClFN4/c1-5-13(2)21-26-19(9-7-16-10-20(22)25-12-18(16)23)15(4)27(21)17-8-6-14(3)24-11-17/h6,8,10-12H,2,5H2,1,3-4H3. The summed E-state index contributed by atoms with van der Waals surface area (Å²) in [5, 5.41) is 0.189. The minimum absolute atomic E-state index is 0.178. The Labute approximate surface area is 162 Å². The van der Waals surface area contributed by atoms with Gasteiger partial charge in [0.1, 0.15) is 16.7 Å². The van der Waals surface area contributed by atoms with E-state index in [1.54, 1.807) is 6.20 Å². The van der Waals surface area contributed by atoms with E-state index in [4.69, 9.17) is 11.6 Å². The second kappa shape index (κ2) is 7.73. The molecule has 0 spiro atoms. The van der Waals surface area contributed by atoms with Crippen LogP contribution in [0.1, 0.15) is 41.8 Å². The average Bonchev–Trinajstić information content (AvgIpc) is 2.99. The molecular formula is C21H18ClFN4. The van der Waals surface area contributed by atoms with Crippen molar-refractivity contribution in [2.24, 2.45) is 0 Å². The number of rotatable bonds is 3. The third-order valence-electron chi connectivity index (χ3n) is 4.14. The van der Waals surface area contributed by atoms with E-state index in [9.17, 15) is 4.39 Å². The van der Waals surface area contributed by atoms with Crippen LogP contribution in [0, 0.1) is 31.5 Å². The number of imidazole rings is 1. The van der Waals surface area contributed by atoms with Crippen LogP contribution < -0.4 is 0 Å². The smallest absolute Gasteiger partial charge is 0.157 e. The van der Waals surface area contributed by atoms with Gasteiger partial charge in [-0.1, -0.05) is 31.0 Å². The van der Waals surface area contributed by atoms with Gasteiger partial charge in [-0.05, 0) is 50.0 Å². The zero-order valence-electron chi connectivity index (χ0n) is 15.3. The first-order valence-electron chi connectivity index (χ1n) is 8.44. The van der Waals surface area contributed by atoms with Crippen LogP contribution in [0.15, 0.2) is 37.2 Å². The molecule has 136 valence electrons. The van der Waals surface area contributed by atoms with Gasteiger partial charge in [-0.3, -0.25) is 9.55 Å². The molecule has 0 aliphatic rings. The van der Waals surface area contributed by atoms with Gasteiger partial charge >= 0.3 is 0 Å². The quantitative estimate of drug-likeness (QED) is 0.479. The van der Waals surface area contributed by atoms with Gasteiger partial charge in [0.05, 0.1) is 29.3 Å². The fraction of sp³-hybridized carbons (Fsp3) is 0.190. The zero-order valence-corrected chi connectivity index (χ0v) is 16.1. The van der Waals surface area contributed by atoms with Crippen molar-refractivity contribution in [3.8, 4) is 17.5 Å². The highest BCUT2D eigenvalue weighted by Gasteiger charge is 2.16. The van der Waals surface area contributed by atoms with E-state index in [-0.39, 0.29) is 10.7 Å². The first-order chi connectivity index (χ1) is 12.9. The number of pyridine rings is 2. The Bertz CT molecular complexity index is 1070. The number of nitrogens with zero attached hydrogens (tertiary/aromatic N) is 4. The van der Waals surface area contributed by atoms with Crippen LogP contribution in [0.3, 0.4) is 0 Å². The number of hydrogen-bond donors (Lipinski definition) is 0. The molecule has 0 saturated carbocycles. The molecule has 0 unspecified atom stereocenters. The lowest BCUT2D eigenvalue weighted by atomic mass is 10.2. The fourth-order valence-electron chi connectivity index (χ4n) is 2.56. The SMILES string of the molecule is C=C(CC)c1nc(C#Cc2cc(Cl)ncc2F)c(C)n1-c1ccc(C)nc1. The summed E-state index contributed by atoms with van der Waals surface area (Å²) in [5.41, 5.74) is 4.24. The van der Waals surface area contributed by atoms with E-state index in [1.807, 2.05) is 37.5 Å². The van der Waals surface area contributed by atoms with Crippen LogP contribution in [0.4, 0.5) is 4.39 Å². The van der Waals surface area contributed by atoms with Crippen molar-refractivity contribution in [1.82, 2.24) is 19.5 Å². The van der Waals surface area contributed by atoms with Gasteiger partial charge in [0.25, 0.3) is 0 Å². The van der Waals surface area contributed by atoms with Crippen molar-refractivity contribution in [3.63, 3.8) is 0 Å². The summed E-state index contributed by atoms with van der Waals surface area (Å²) in [7, 11) is 0. The van der Waals surface area contributed by atoms with Gasteiger partial charge in [0, 0.05) is 5.69 Å². The first kappa shape index (κ1) is 18.8. The predicted octanol–water partition coefficient (Wildman–Crippen LogP) is 4.89. The average molecular weight is 381 g/mol. The molecule has 3 aromatic heterocycles. The van der Waals surface area contributed by atoms with Crippen LogP contribution in [0.25, 0.3) is 11.3 Å². The highest BCUT2D eigenvalue weighted by atomic mass is 35.5. The van der Waals surface area contributed by atoms with Gasteiger partial charge in [0.2, 0.25) is 0 Å². The minimum atomic E-state index is -0.523. The molecule has 0 saturated heterocycles. The molecule has 0 radical (unpaired) electrons. The van der Waals surface area contributed by atoms with Crippen LogP contribution in [-0.2, 0) is 0 Å². The normalized spacial score (nSPS) is 10.4. The van der Waals surface area contributed by atoms with Crippen molar-refractivity contribution in [3.05, 3.63) is 76.6 Å². The summed E-state index contributed by atoms with van der Waals surface area (Å²) in [6.07, 6.45) is 3.59. The lowest BCUT2D eigenvalue weighted by Crippen LogP contribution is -2.03. The maximum absolute atomic E-state index is 13.9. The summed E-state index contributed by atoms with van der Waals surface area (Å²) >= 11 is 5.83. The molecule has 3 aromatic rings. The lowest BCUT2D eigenvalue weighted by molar-refractivity contribution is 0.618. The van der Waals surface area contributed by atoms with E-state index in [0.717, 1.165) is 41.1 Å². The molecule has 0 aliphatic heterocycles.